The van der Waals surface area contributed by atoms with Crippen LogP contribution in [-0.2, 0) is 21.2 Å². The minimum atomic E-state index is -3.34. The van der Waals surface area contributed by atoms with E-state index in [1.807, 2.05) is 0 Å². The number of carbonyl (C=O) groups excluding carboxylic acids is 1. The number of hydrogen-bond donors (Lipinski definition) is 2. The summed E-state index contributed by atoms with van der Waals surface area (Å²) in [4.78, 5) is 23.4. The summed E-state index contributed by atoms with van der Waals surface area (Å²) >= 11 is 0. The molecule has 0 aromatic heterocycles. The minimum Gasteiger partial charge on any atom is -0.480 e. The Balaban J connectivity index is 2.23. The summed E-state index contributed by atoms with van der Waals surface area (Å²) in [5, 5.41) is 11.6. The molecule has 0 radical (unpaired) electrons. The molecule has 2 rings (SSSR count). The van der Waals surface area contributed by atoms with Crippen molar-refractivity contribution in [1.82, 2.24) is 5.32 Å². The minimum absolute atomic E-state index is 0.244. The molecule has 0 aliphatic carbocycles. The van der Waals surface area contributed by atoms with Crippen molar-refractivity contribution in [3.8, 4) is 0 Å². The summed E-state index contributed by atoms with van der Waals surface area (Å²) in [6.45, 7) is 3.78. The van der Waals surface area contributed by atoms with Crippen molar-refractivity contribution in [2.45, 2.75) is 26.3 Å². The fourth-order valence-electron chi connectivity index (χ4n) is 2.60. The van der Waals surface area contributed by atoms with E-state index in [1.54, 1.807) is 26.0 Å². The maximum atomic E-state index is 12.2. The first-order valence-corrected chi connectivity index (χ1v) is 9.10. The standard InChI is InChI=1S/C15H20N2O5S/c1-9(2)13(15(19)20)16-14(18)11-4-5-12-10(8-11)6-7-17(12)23(3,21)22/h4-5,8-9,13H,6-7H2,1-3H3,(H,16,18)(H,19,20). The highest BCUT2D eigenvalue weighted by Crippen LogP contribution is 2.30. The zero-order chi connectivity index (χ0) is 17.4. The maximum Gasteiger partial charge on any atom is 0.326 e. The summed E-state index contributed by atoms with van der Waals surface area (Å²) < 4.78 is 24.7. The van der Waals surface area contributed by atoms with Gasteiger partial charge in [-0.3, -0.25) is 9.10 Å². The summed E-state index contributed by atoms with van der Waals surface area (Å²) in [5.41, 5.74) is 1.66. The molecule has 126 valence electrons. The molecule has 1 aromatic rings. The van der Waals surface area contributed by atoms with Gasteiger partial charge in [0.05, 0.1) is 11.9 Å². The summed E-state index contributed by atoms with van der Waals surface area (Å²) in [6.07, 6.45) is 1.67. The van der Waals surface area contributed by atoms with Crippen molar-refractivity contribution < 1.29 is 23.1 Å². The predicted molar refractivity (Wildman–Crippen MR) is 86.1 cm³/mol. The largest absolute Gasteiger partial charge is 0.480 e. The normalized spacial score (nSPS) is 15.4. The molecule has 2 N–H and O–H groups in total. The van der Waals surface area contributed by atoms with Gasteiger partial charge >= 0.3 is 5.97 Å². The van der Waals surface area contributed by atoms with Crippen molar-refractivity contribution in [3.05, 3.63) is 29.3 Å². The van der Waals surface area contributed by atoms with Gasteiger partial charge in [0, 0.05) is 12.1 Å². The van der Waals surface area contributed by atoms with Gasteiger partial charge in [-0.15, -0.1) is 0 Å². The fraction of sp³-hybridized carbons (Fsp3) is 0.467. The molecule has 8 heteroatoms. The summed E-state index contributed by atoms with van der Waals surface area (Å²) in [6, 6.07) is 3.75. The number of fused-ring (bicyclic) bond motifs is 1. The van der Waals surface area contributed by atoms with E-state index in [0.29, 0.717) is 24.2 Å². The number of aliphatic carboxylic acids is 1. The smallest absolute Gasteiger partial charge is 0.326 e. The lowest BCUT2D eigenvalue weighted by Crippen LogP contribution is -2.44. The molecular weight excluding hydrogens is 320 g/mol. The van der Waals surface area contributed by atoms with Crippen molar-refractivity contribution in [3.63, 3.8) is 0 Å². The Morgan fingerprint density at radius 2 is 1.96 bits per heavy atom. The Morgan fingerprint density at radius 1 is 1.30 bits per heavy atom. The van der Waals surface area contributed by atoms with Crippen molar-refractivity contribution >= 4 is 27.6 Å². The van der Waals surface area contributed by atoms with Crippen LogP contribution in [0.15, 0.2) is 18.2 Å². The molecule has 0 spiro atoms. The lowest BCUT2D eigenvalue weighted by Gasteiger charge is -2.19. The topological polar surface area (TPSA) is 104 Å². The molecule has 1 aliphatic rings. The van der Waals surface area contributed by atoms with Gasteiger partial charge in [-0.05, 0) is 36.1 Å². The summed E-state index contributed by atoms with van der Waals surface area (Å²) in [7, 11) is -3.34. The lowest BCUT2D eigenvalue weighted by atomic mass is 10.0. The molecule has 1 heterocycles. The molecule has 1 aromatic carbocycles. The van der Waals surface area contributed by atoms with Crippen LogP contribution in [0.5, 0.6) is 0 Å². The molecule has 0 saturated carbocycles. The van der Waals surface area contributed by atoms with E-state index in [-0.39, 0.29) is 5.92 Å². The Bertz CT molecular complexity index is 742. The van der Waals surface area contributed by atoms with Gasteiger partial charge in [0.25, 0.3) is 5.91 Å². The number of carboxylic acid groups (broad SMARTS) is 1. The van der Waals surface area contributed by atoms with Crippen molar-refractivity contribution in [2.75, 3.05) is 17.1 Å². The van der Waals surface area contributed by atoms with Crippen LogP contribution in [0.2, 0.25) is 0 Å². The highest BCUT2D eigenvalue weighted by molar-refractivity contribution is 7.92. The van der Waals surface area contributed by atoms with Gasteiger partial charge < -0.3 is 10.4 Å². The third kappa shape index (κ3) is 3.64. The number of rotatable bonds is 5. The molecule has 1 amide bonds. The monoisotopic (exact) mass is 340 g/mol. The molecule has 0 fully saturated rings. The molecule has 1 atom stereocenters. The molecule has 23 heavy (non-hydrogen) atoms. The number of nitrogens with zero attached hydrogens (tertiary/aromatic N) is 1. The van der Waals surface area contributed by atoms with E-state index < -0.39 is 27.9 Å². The number of carbonyl (C=O) groups is 2. The zero-order valence-electron chi connectivity index (χ0n) is 13.2. The van der Waals surface area contributed by atoms with E-state index in [1.165, 1.54) is 10.4 Å². The number of hydrogen-bond acceptors (Lipinski definition) is 4. The number of benzene rings is 1. The summed E-state index contributed by atoms with van der Waals surface area (Å²) in [5.74, 6) is -1.81. The van der Waals surface area contributed by atoms with Crippen molar-refractivity contribution in [2.24, 2.45) is 5.92 Å². The second-order valence-corrected chi connectivity index (χ2v) is 7.87. The Kier molecular flexibility index (Phi) is 4.65. The van der Waals surface area contributed by atoms with Gasteiger partial charge in [0.1, 0.15) is 6.04 Å². The maximum absolute atomic E-state index is 12.2. The van der Waals surface area contributed by atoms with Crippen molar-refractivity contribution in [1.29, 1.82) is 0 Å². The van der Waals surface area contributed by atoms with Gasteiger partial charge in [-0.25, -0.2) is 13.2 Å². The Morgan fingerprint density at radius 3 is 2.48 bits per heavy atom. The average Bonchev–Trinajstić information content (AvgIpc) is 2.86. The van der Waals surface area contributed by atoms with E-state index in [0.717, 1.165) is 11.8 Å². The Hall–Kier alpha value is -2.09. The average molecular weight is 340 g/mol. The van der Waals surface area contributed by atoms with Gasteiger partial charge in [-0.1, -0.05) is 13.8 Å². The van der Waals surface area contributed by atoms with Crippen LogP contribution in [0.3, 0.4) is 0 Å². The number of carboxylic acids is 1. The van der Waals surface area contributed by atoms with Crippen LogP contribution in [0.4, 0.5) is 5.69 Å². The highest BCUT2D eigenvalue weighted by atomic mass is 32.2. The molecule has 0 saturated heterocycles. The quantitative estimate of drug-likeness (QED) is 0.827. The number of sulfonamides is 1. The SMILES string of the molecule is CC(C)C(NC(=O)c1ccc2c(c1)CCN2S(C)(=O)=O)C(=O)O. The van der Waals surface area contributed by atoms with E-state index in [4.69, 9.17) is 5.11 Å². The molecule has 1 aliphatic heterocycles. The first-order chi connectivity index (χ1) is 10.6. The number of anilines is 1. The van der Waals surface area contributed by atoms with E-state index in [9.17, 15) is 18.0 Å². The third-order valence-corrected chi connectivity index (χ3v) is 4.99. The molecule has 1 unspecified atom stereocenters. The van der Waals surface area contributed by atoms with Crippen LogP contribution in [0, 0.1) is 5.92 Å². The first kappa shape index (κ1) is 17.3. The van der Waals surface area contributed by atoms with E-state index in [2.05, 4.69) is 5.32 Å². The van der Waals surface area contributed by atoms with Gasteiger partial charge in [0.2, 0.25) is 10.0 Å². The van der Waals surface area contributed by atoms with Crippen LogP contribution in [0.25, 0.3) is 0 Å². The van der Waals surface area contributed by atoms with Crippen LogP contribution in [0.1, 0.15) is 29.8 Å². The van der Waals surface area contributed by atoms with Crippen LogP contribution < -0.4 is 9.62 Å². The fourth-order valence-corrected chi connectivity index (χ4v) is 3.55. The Labute approximate surface area is 135 Å². The van der Waals surface area contributed by atoms with E-state index >= 15 is 0 Å². The first-order valence-electron chi connectivity index (χ1n) is 7.25. The van der Waals surface area contributed by atoms with Gasteiger partial charge in [-0.2, -0.15) is 0 Å². The predicted octanol–water partition coefficient (Wildman–Crippen LogP) is 0.848. The van der Waals surface area contributed by atoms with Gasteiger partial charge in [0.15, 0.2) is 0 Å². The zero-order valence-corrected chi connectivity index (χ0v) is 14.1. The molecular formula is C15H20N2O5S. The third-order valence-electron chi connectivity index (χ3n) is 3.81. The van der Waals surface area contributed by atoms with Crippen LogP contribution in [-0.4, -0.2) is 44.2 Å². The molecule has 0 bridgehead atoms. The highest BCUT2D eigenvalue weighted by Gasteiger charge is 2.28. The second kappa shape index (κ2) is 6.19. The second-order valence-electron chi connectivity index (χ2n) is 5.96. The van der Waals surface area contributed by atoms with Crippen LogP contribution >= 0.6 is 0 Å². The number of nitrogens with one attached hydrogen (secondary N) is 1. The molecule has 7 nitrogen and oxygen atoms in total. The lowest BCUT2D eigenvalue weighted by molar-refractivity contribution is -0.140. The number of amides is 1.